The van der Waals surface area contributed by atoms with Gasteiger partial charge in [0.05, 0.1) is 29.9 Å². The van der Waals surface area contributed by atoms with Crippen molar-refractivity contribution in [3.05, 3.63) is 35.4 Å². The van der Waals surface area contributed by atoms with E-state index in [1.807, 2.05) is 6.92 Å². The number of amides is 2. The molecule has 130 valence electrons. The highest BCUT2D eigenvalue weighted by Gasteiger charge is 2.44. The van der Waals surface area contributed by atoms with Gasteiger partial charge in [-0.2, -0.15) is 0 Å². The molecule has 1 aromatic rings. The summed E-state index contributed by atoms with van der Waals surface area (Å²) in [6.07, 6.45) is -0.253. The lowest BCUT2D eigenvalue weighted by Crippen LogP contribution is -2.51. The highest BCUT2D eigenvalue weighted by molar-refractivity contribution is 6.21. The average molecular weight is 333 g/mol. The van der Waals surface area contributed by atoms with Crippen molar-refractivity contribution in [1.82, 2.24) is 4.90 Å². The second-order valence-electron chi connectivity index (χ2n) is 6.26. The van der Waals surface area contributed by atoms with Gasteiger partial charge < -0.3 is 9.47 Å². The van der Waals surface area contributed by atoms with Crippen LogP contribution in [0, 0.1) is 0 Å². The summed E-state index contributed by atoms with van der Waals surface area (Å²) >= 11 is 0. The molecule has 1 aliphatic heterocycles. The van der Waals surface area contributed by atoms with Gasteiger partial charge in [-0.05, 0) is 39.3 Å². The third-order valence-corrected chi connectivity index (χ3v) is 3.96. The molecule has 1 heterocycles. The second kappa shape index (κ2) is 7.13. The number of esters is 1. The van der Waals surface area contributed by atoms with Crippen molar-refractivity contribution in [2.24, 2.45) is 0 Å². The lowest BCUT2D eigenvalue weighted by atomic mass is 10.0. The monoisotopic (exact) mass is 333 g/mol. The van der Waals surface area contributed by atoms with Crippen molar-refractivity contribution >= 4 is 17.8 Å². The Morgan fingerprint density at radius 1 is 1.12 bits per heavy atom. The van der Waals surface area contributed by atoms with E-state index in [1.165, 1.54) is 4.90 Å². The fourth-order valence-corrected chi connectivity index (χ4v) is 2.70. The maximum absolute atomic E-state index is 12.6. The number of hydrogen-bond donors (Lipinski definition) is 0. The Morgan fingerprint density at radius 2 is 1.67 bits per heavy atom. The Labute approximate surface area is 141 Å². The van der Waals surface area contributed by atoms with Crippen molar-refractivity contribution < 1.29 is 23.9 Å². The number of rotatable bonds is 7. The molecule has 0 radical (unpaired) electrons. The summed E-state index contributed by atoms with van der Waals surface area (Å²) in [7, 11) is 0. The van der Waals surface area contributed by atoms with Gasteiger partial charge in [-0.15, -0.1) is 0 Å². The van der Waals surface area contributed by atoms with E-state index in [-0.39, 0.29) is 25.0 Å². The zero-order valence-corrected chi connectivity index (χ0v) is 14.5. The molecule has 0 aromatic heterocycles. The van der Waals surface area contributed by atoms with Crippen LogP contribution in [0.15, 0.2) is 24.3 Å². The molecule has 24 heavy (non-hydrogen) atoms. The highest BCUT2D eigenvalue weighted by atomic mass is 16.6. The van der Waals surface area contributed by atoms with Crippen molar-refractivity contribution in [3.63, 3.8) is 0 Å². The van der Waals surface area contributed by atoms with Crippen LogP contribution in [0.2, 0.25) is 0 Å². The number of ether oxygens (including phenoxy) is 2. The predicted molar refractivity (Wildman–Crippen MR) is 87.7 cm³/mol. The summed E-state index contributed by atoms with van der Waals surface area (Å²) in [6.45, 7) is 7.36. The van der Waals surface area contributed by atoms with Crippen molar-refractivity contribution in [3.8, 4) is 0 Å². The van der Waals surface area contributed by atoms with E-state index in [2.05, 4.69) is 0 Å². The van der Waals surface area contributed by atoms with E-state index in [9.17, 15) is 14.4 Å². The normalized spacial score (nSPS) is 15.4. The maximum Gasteiger partial charge on any atom is 0.335 e. The summed E-state index contributed by atoms with van der Waals surface area (Å²) in [4.78, 5) is 38.2. The van der Waals surface area contributed by atoms with Crippen molar-refractivity contribution in [2.45, 2.75) is 45.8 Å². The number of imide groups is 1. The molecule has 1 unspecified atom stereocenters. The maximum atomic E-state index is 12.6. The average Bonchev–Trinajstić information content (AvgIpc) is 2.80. The van der Waals surface area contributed by atoms with Gasteiger partial charge in [-0.3, -0.25) is 14.5 Å². The minimum atomic E-state index is -0.882. The molecule has 1 aliphatic rings. The lowest BCUT2D eigenvalue weighted by Gasteiger charge is -2.34. The van der Waals surface area contributed by atoms with Gasteiger partial charge in [-0.1, -0.05) is 19.1 Å². The summed E-state index contributed by atoms with van der Waals surface area (Å²) in [5.74, 6) is -1.11. The van der Waals surface area contributed by atoms with Gasteiger partial charge in [0, 0.05) is 0 Å². The SMILES string of the molecule is CCOC(=O)C(CC)OCC(C)(C)N1C(=O)c2ccccc2C1=O. The van der Waals surface area contributed by atoms with E-state index in [1.54, 1.807) is 45.0 Å². The molecular formula is C18H23NO5. The van der Waals surface area contributed by atoms with E-state index >= 15 is 0 Å². The number of benzene rings is 1. The van der Waals surface area contributed by atoms with Crippen LogP contribution in [0.25, 0.3) is 0 Å². The number of nitrogens with zero attached hydrogens (tertiary/aromatic N) is 1. The van der Waals surface area contributed by atoms with Gasteiger partial charge in [0.25, 0.3) is 11.8 Å². The first kappa shape index (κ1) is 18.1. The number of fused-ring (bicyclic) bond motifs is 1. The van der Waals surface area contributed by atoms with Crippen LogP contribution >= 0.6 is 0 Å². The van der Waals surface area contributed by atoms with Gasteiger partial charge in [0.15, 0.2) is 6.10 Å². The number of hydrogen-bond acceptors (Lipinski definition) is 5. The van der Waals surface area contributed by atoms with Crippen LogP contribution in [0.3, 0.4) is 0 Å². The molecule has 0 saturated carbocycles. The quantitative estimate of drug-likeness (QED) is 0.566. The van der Waals surface area contributed by atoms with Gasteiger partial charge in [-0.25, -0.2) is 4.79 Å². The first-order chi connectivity index (χ1) is 11.3. The molecule has 2 amide bonds. The zero-order chi connectivity index (χ0) is 17.9. The smallest absolute Gasteiger partial charge is 0.335 e. The fraction of sp³-hybridized carbons (Fsp3) is 0.500. The van der Waals surface area contributed by atoms with Gasteiger partial charge in [0.2, 0.25) is 0 Å². The summed E-state index contributed by atoms with van der Waals surface area (Å²) in [5, 5.41) is 0. The third kappa shape index (κ3) is 3.33. The topological polar surface area (TPSA) is 72.9 Å². The largest absolute Gasteiger partial charge is 0.464 e. The summed E-state index contributed by atoms with van der Waals surface area (Å²) in [5.41, 5.74) is -0.0892. The first-order valence-corrected chi connectivity index (χ1v) is 8.09. The molecule has 0 N–H and O–H groups in total. The molecule has 1 aromatic carbocycles. The molecule has 0 aliphatic carbocycles. The number of carbonyl (C=O) groups excluding carboxylic acids is 3. The van der Waals surface area contributed by atoms with E-state index in [0.29, 0.717) is 17.5 Å². The molecular weight excluding hydrogens is 310 g/mol. The van der Waals surface area contributed by atoms with Crippen molar-refractivity contribution in [1.29, 1.82) is 0 Å². The first-order valence-electron chi connectivity index (χ1n) is 8.09. The minimum Gasteiger partial charge on any atom is -0.464 e. The van der Waals surface area contributed by atoms with Gasteiger partial charge in [0.1, 0.15) is 0 Å². The Balaban J connectivity index is 2.12. The molecule has 6 nitrogen and oxygen atoms in total. The fourth-order valence-electron chi connectivity index (χ4n) is 2.70. The van der Waals surface area contributed by atoms with Crippen LogP contribution in [0.1, 0.15) is 54.8 Å². The Hall–Kier alpha value is -2.21. The van der Waals surface area contributed by atoms with Gasteiger partial charge >= 0.3 is 5.97 Å². The molecule has 0 saturated heterocycles. The molecule has 2 rings (SSSR count). The minimum absolute atomic E-state index is 0.0514. The van der Waals surface area contributed by atoms with E-state index in [0.717, 1.165) is 0 Å². The summed E-state index contributed by atoms with van der Waals surface area (Å²) < 4.78 is 10.6. The molecule has 0 bridgehead atoms. The van der Waals surface area contributed by atoms with Crippen LogP contribution in [-0.2, 0) is 14.3 Å². The lowest BCUT2D eigenvalue weighted by molar-refractivity contribution is -0.158. The third-order valence-electron chi connectivity index (χ3n) is 3.96. The molecule has 0 spiro atoms. The van der Waals surface area contributed by atoms with E-state index in [4.69, 9.17) is 9.47 Å². The van der Waals surface area contributed by atoms with Crippen molar-refractivity contribution in [2.75, 3.05) is 13.2 Å². The standard InChI is InChI=1S/C18H23NO5/c1-5-14(17(22)23-6-2)24-11-18(3,4)19-15(20)12-9-7-8-10-13(12)16(19)21/h7-10,14H,5-6,11H2,1-4H3. The highest BCUT2D eigenvalue weighted by Crippen LogP contribution is 2.29. The second-order valence-corrected chi connectivity index (χ2v) is 6.26. The van der Waals surface area contributed by atoms with Crippen LogP contribution in [0.4, 0.5) is 0 Å². The Bertz CT molecular complexity index is 618. The van der Waals surface area contributed by atoms with Crippen LogP contribution in [0.5, 0.6) is 0 Å². The molecule has 6 heteroatoms. The molecule has 1 atom stereocenters. The van der Waals surface area contributed by atoms with E-state index < -0.39 is 17.6 Å². The Kier molecular flexibility index (Phi) is 5.39. The summed E-state index contributed by atoms with van der Waals surface area (Å²) in [6, 6.07) is 6.73. The van der Waals surface area contributed by atoms with Crippen LogP contribution < -0.4 is 0 Å². The zero-order valence-electron chi connectivity index (χ0n) is 14.5. The van der Waals surface area contributed by atoms with Crippen LogP contribution in [-0.4, -0.2) is 47.5 Å². The number of carbonyl (C=O) groups is 3. The Morgan fingerprint density at radius 3 is 2.12 bits per heavy atom. The predicted octanol–water partition coefficient (Wildman–Crippen LogP) is 2.42. The molecule has 0 fully saturated rings.